The van der Waals surface area contributed by atoms with Crippen molar-refractivity contribution in [2.75, 3.05) is 26.2 Å². The molecule has 1 aromatic rings. The van der Waals surface area contributed by atoms with E-state index in [0.29, 0.717) is 12.6 Å². The molecule has 124 valence electrons. The highest BCUT2D eigenvalue weighted by atomic mass is 35.5. The minimum Gasteiger partial charge on any atom is -0.466 e. The Labute approximate surface area is 135 Å². The van der Waals surface area contributed by atoms with Gasteiger partial charge in [-0.05, 0) is 32.9 Å². The highest BCUT2D eigenvalue weighted by Gasteiger charge is 2.18. The van der Waals surface area contributed by atoms with E-state index in [1.54, 1.807) is 17.8 Å². The van der Waals surface area contributed by atoms with Crippen LogP contribution in [0.1, 0.15) is 42.7 Å². The Balaban J connectivity index is 0.00000242. The number of nitrogens with one attached hydrogen (secondary N) is 2. The van der Waals surface area contributed by atoms with Crippen LogP contribution >= 0.6 is 12.4 Å². The smallest absolute Gasteiger partial charge is 0.307 e. The van der Waals surface area contributed by atoms with Crippen molar-refractivity contribution in [1.82, 2.24) is 25.6 Å². The van der Waals surface area contributed by atoms with Gasteiger partial charge in [-0.15, -0.1) is 17.5 Å². The van der Waals surface area contributed by atoms with Crippen LogP contribution in [0.3, 0.4) is 0 Å². The molecule has 2 heterocycles. The SMILES string of the molecule is CCOC(=O)CCNC(=O)c1cn(C2CCNCC2)nn1.Cl. The number of nitrogens with zero attached hydrogens (tertiary/aromatic N) is 3. The Morgan fingerprint density at radius 2 is 2.18 bits per heavy atom. The maximum Gasteiger partial charge on any atom is 0.307 e. The number of hydrogen-bond donors (Lipinski definition) is 2. The maximum atomic E-state index is 11.9. The predicted octanol–water partition coefficient (Wildman–Crippen LogP) is 0.307. The molecule has 0 aromatic carbocycles. The summed E-state index contributed by atoms with van der Waals surface area (Å²) in [6.07, 6.45) is 3.78. The number of carbonyl (C=O) groups excluding carboxylic acids is 2. The van der Waals surface area contributed by atoms with E-state index in [0.717, 1.165) is 25.9 Å². The van der Waals surface area contributed by atoms with Crippen LogP contribution in [0.15, 0.2) is 6.20 Å². The third-order valence-electron chi connectivity index (χ3n) is 3.35. The second kappa shape index (κ2) is 9.37. The molecule has 1 amide bonds. The first-order valence-electron chi connectivity index (χ1n) is 7.27. The average molecular weight is 332 g/mol. The van der Waals surface area contributed by atoms with Gasteiger partial charge in [0.2, 0.25) is 0 Å². The van der Waals surface area contributed by atoms with Crippen LogP contribution in [0, 0.1) is 0 Å². The molecule has 0 saturated carbocycles. The molecule has 0 bridgehead atoms. The van der Waals surface area contributed by atoms with Gasteiger partial charge >= 0.3 is 5.97 Å². The Morgan fingerprint density at radius 3 is 2.86 bits per heavy atom. The fraction of sp³-hybridized carbons (Fsp3) is 0.692. The number of hydrogen-bond acceptors (Lipinski definition) is 6. The van der Waals surface area contributed by atoms with Crippen molar-refractivity contribution in [1.29, 1.82) is 0 Å². The lowest BCUT2D eigenvalue weighted by atomic mass is 10.1. The lowest BCUT2D eigenvalue weighted by molar-refractivity contribution is -0.142. The zero-order chi connectivity index (χ0) is 15.1. The number of piperidine rings is 1. The van der Waals surface area contributed by atoms with Crippen molar-refractivity contribution in [2.24, 2.45) is 0 Å². The second-order valence-corrected chi connectivity index (χ2v) is 4.88. The first-order chi connectivity index (χ1) is 10.2. The largest absolute Gasteiger partial charge is 0.466 e. The zero-order valence-electron chi connectivity index (χ0n) is 12.6. The van der Waals surface area contributed by atoms with Gasteiger partial charge in [-0.2, -0.15) is 0 Å². The van der Waals surface area contributed by atoms with E-state index in [-0.39, 0.29) is 42.9 Å². The van der Waals surface area contributed by atoms with Crippen molar-refractivity contribution in [2.45, 2.75) is 32.2 Å². The van der Waals surface area contributed by atoms with E-state index in [9.17, 15) is 9.59 Å². The summed E-state index contributed by atoms with van der Waals surface area (Å²) in [6.45, 7) is 4.22. The maximum absolute atomic E-state index is 11.9. The molecule has 9 heteroatoms. The number of amides is 1. The zero-order valence-corrected chi connectivity index (χ0v) is 13.4. The highest BCUT2D eigenvalue weighted by molar-refractivity contribution is 5.92. The van der Waals surface area contributed by atoms with Crippen molar-refractivity contribution >= 4 is 24.3 Å². The quantitative estimate of drug-likeness (QED) is 0.728. The molecule has 1 aliphatic rings. The Bertz CT molecular complexity index is 488. The topological polar surface area (TPSA) is 98.1 Å². The van der Waals surface area contributed by atoms with Crippen LogP contribution in [0.5, 0.6) is 0 Å². The lowest BCUT2D eigenvalue weighted by Crippen LogP contribution is -2.29. The lowest BCUT2D eigenvalue weighted by Gasteiger charge is -2.22. The summed E-state index contributed by atoms with van der Waals surface area (Å²) in [6, 6.07) is 0.292. The van der Waals surface area contributed by atoms with Crippen molar-refractivity contribution < 1.29 is 14.3 Å². The Morgan fingerprint density at radius 1 is 1.45 bits per heavy atom. The number of esters is 1. The number of rotatable bonds is 6. The normalized spacial score (nSPS) is 15.0. The van der Waals surface area contributed by atoms with Crippen LogP contribution < -0.4 is 10.6 Å². The Kier molecular flexibility index (Phi) is 7.83. The summed E-state index contributed by atoms with van der Waals surface area (Å²) >= 11 is 0. The van der Waals surface area contributed by atoms with Gasteiger partial charge < -0.3 is 15.4 Å². The van der Waals surface area contributed by atoms with Crippen LogP contribution in [0.25, 0.3) is 0 Å². The molecule has 8 nitrogen and oxygen atoms in total. The van der Waals surface area contributed by atoms with Gasteiger partial charge in [0, 0.05) is 6.54 Å². The third-order valence-corrected chi connectivity index (χ3v) is 3.35. The summed E-state index contributed by atoms with van der Waals surface area (Å²) in [7, 11) is 0. The van der Waals surface area contributed by atoms with Gasteiger partial charge in [0.05, 0.1) is 25.3 Å². The monoisotopic (exact) mass is 331 g/mol. The molecular formula is C13H22ClN5O3. The first-order valence-corrected chi connectivity index (χ1v) is 7.27. The fourth-order valence-electron chi connectivity index (χ4n) is 2.23. The summed E-state index contributed by atoms with van der Waals surface area (Å²) in [4.78, 5) is 23.0. The van der Waals surface area contributed by atoms with E-state index in [4.69, 9.17) is 4.74 Å². The molecule has 1 fully saturated rings. The van der Waals surface area contributed by atoms with Crippen molar-refractivity contribution in [3.63, 3.8) is 0 Å². The van der Waals surface area contributed by atoms with Crippen molar-refractivity contribution in [3.8, 4) is 0 Å². The Hall–Kier alpha value is -1.67. The van der Waals surface area contributed by atoms with Crippen molar-refractivity contribution in [3.05, 3.63) is 11.9 Å². The van der Waals surface area contributed by atoms with Gasteiger partial charge in [-0.3, -0.25) is 9.59 Å². The van der Waals surface area contributed by atoms with E-state index in [2.05, 4.69) is 20.9 Å². The van der Waals surface area contributed by atoms with E-state index in [1.807, 2.05) is 0 Å². The number of ether oxygens (including phenoxy) is 1. The molecule has 2 N–H and O–H groups in total. The molecular weight excluding hydrogens is 310 g/mol. The van der Waals surface area contributed by atoms with Gasteiger partial charge in [0.25, 0.3) is 5.91 Å². The third kappa shape index (κ3) is 5.27. The summed E-state index contributed by atoms with van der Waals surface area (Å²) in [5.74, 6) is -0.643. The molecule has 2 rings (SSSR count). The number of aromatic nitrogens is 3. The molecule has 0 spiro atoms. The van der Waals surface area contributed by atoms with E-state index < -0.39 is 0 Å². The molecule has 0 radical (unpaired) electrons. The van der Waals surface area contributed by atoms with Gasteiger partial charge in [-0.25, -0.2) is 4.68 Å². The first kappa shape index (κ1) is 18.4. The van der Waals surface area contributed by atoms with Crippen LogP contribution in [0.2, 0.25) is 0 Å². The van der Waals surface area contributed by atoms with Crippen LogP contribution in [-0.2, 0) is 9.53 Å². The molecule has 1 saturated heterocycles. The molecule has 1 aromatic heterocycles. The summed E-state index contributed by atoms with van der Waals surface area (Å²) < 4.78 is 6.54. The van der Waals surface area contributed by atoms with E-state index in [1.165, 1.54) is 0 Å². The molecule has 22 heavy (non-hydrogen) atoms. The molecule has 0 aliphatic carbocycles. The predicted molar refractivity (Wildman–Crippen MR) is 82.0 cm³/mol. The summed E-state index contributed by atoms with van der Waals surface area (Å²) in [5, 5.41) is 13.8. The standard InChI is InChI=1S/C13H21N5O3.ClH/c1-2-21-12(19)5-8-15-13(20)11-9-18(17-16-11)10-3-6-14-7-4-10;/h9-10,14H,2-8H2,1H3,(H,15,20);1H. The molecule has 0 unspecified atom stereocenters. The second-order valence-electron chi connectivity index (χ2n) is 4.88. The highest BCUT2D eigenvalue weighted by Crippen LogP contribution is 2.16. The van der Waals surface area contributed by atoms with Crippen LogP contribution in [0.4, 0.5) is 0 Å². The van der Waals surface area contributed by atoms with Gasteiger partial charge in [-0.1, -0.05) is 5.21 Å². The van der Waals surface area contributed by atoms with Gasteiger partial charge in [0.15, 0.2) is 5.69 Å². The minimum atomic E-state index is -0.323. The minimum absolute atomic E-state index is 0. The molecule has 1 aliphatic heterocycles. The van der Waals surface area contributed by atoms with E-state index >= 15 is 0 Å². The molecule has 0 atom stereocenters. The summed E-state index contributed by atoms with van der Waals surface area (Å²) in [5.41, 5.74) is 0.275. The average Bonchev–Trinajstić information content (AvgIpc) is 2.98. The number of halogens is 1. The number of carbonyl (C=O) groups is 2. The van der Waals surface area contributed by atoms with Gasteiger partial charge in [0.1, 0.15) is 0 Å². The van der Waals surface area contributed by atoms with Crippen LogP contribution in [-0.4, -0.2) is 53.1 Å². The fourth-order valence-corrected chi connectivity index (χ4v) is 2.23.